The number of anilines is 1. The van der Waals surface area contributed by atoms with Crippen LogP contribution in [0.5, 0.6) is 0 Å². The molecule has 3 aromatic rings. The molecular weight excluding hydrogens is 774 g/mol. The third-order valence-corrected chi connectivity index (χ3v) is 17.7. The zero-order valence-electron chi connectivity index (χ0n) is 34.0. The normalized spacial score (nSPS) is 22.6. The van der Waals surface area contributed by atoms with E-state index >= 15 is 4.79 Å². The second-order valence-electron chi connectivity index (χ2n) is 15.7. The lowest BCUT2D eigenvalue weighted by Gasteiger charge is -2.43. The van der Waals surface area contributed by atoms with E-state index < -0.39 is 62.1 Å². The van der Waals surface area contributed by atoms with Crippen molar-refractivity contribution in [2.24, 2.45) is 0 Å². The van der Waals surface area contributed by atoms with Gasteiger partial charge >= 0.3 is 12.1 Å². The van der Waals surface area contributed by atoms with Gasteiger partial charge in [-0.15, -0.1) is 0 Å². The van der Waals surface area contributed by atoms with Crippen LogP contribution in [-0.2, 0) is 33.9 Å². The molecule has 0 radical (unpaired) electrons. The average molecular weight is 828 g/mol. The van der Waals surface area contributed by atoms with E-state index in [-0.39, 0.29) is 25.6 Å². The van der Waals surface area contributed by atoms with Crippen molar-refractivity contribution in [1.82, 2.24) is 20.2 Å². The van der Waals surface area contributed by atoms with E-state index in [0.29, 0.717) is 24.4 Å². The lowest BCUT2D eigenvalue weighted by Crippen LogP contribution is -2.65. The van der Waals surface area contributed by atoms with Crippen molar-refractivity contribution in [3.63, 3.8) is 0 Å². The number of fused-ring (bicyclic) bond motifs is 6. The molecule has 1 aliphatic carbocycles. The number of hydrazine groups is 1. The van der Waals surface area contributed by atoms with Gasteiger partial charge < -0.3 is 24.1 Å². The summed E-state index contributed by atoms with van der Waals surface area (Å²) >= 11 is 6.50. The summed E-state index contributed by atoms with van der Waals surface area (Å²) < 4.78 is 18.9. The predicted octanol–water partition coefficient (Wildman–Crippen LogP) is 7.40. The highest BCUT2D eigenvalue weighted by molar-refractivity contribution is 6.73. The van der Waals surface area contributed by atoms with Crippen LogP contribution >= 0.6 is 11.6 Å². The fourth-order valence-electron chi connectivity index (χ4n) is 9.31. The molecule has 2 saturated heterocycles. The molecule has 308 valence electrons. The van der Waals surface area contributed by atoms with Crippen molar-refractivity contribution in [2.75, 3.05) is 32.1 Å². The number of hydrogen-bond acceptors (Lipinski definition) is 9. The van der Waals surface area contributed by atoms with Crippen molar-refractivity contribution in [1.29, 1.82) is 0 Å². The number of benzene rings is 3. The minimum absolute atomic E-state index is 0.0254. The number of amides is 3. The minimum Gasteiger partial charge on any atom is -0.460 e. The molecule has 14 heteroatoms. The van der Waals surface area contributed by atoms with E-state index in [1.807, 2.05) is 48.5 Å². The first-order valence-electron chi connectivity index (χ1n) is 20.4. The highest BCUT2D eigenvalue weighted by Gasteiger charge is 2.65. The number of hydrogen-bond donors (Lipinski definition) is 2. The fraction of sp³-hybridized carbons (Fsp3) is 0.455. The molecule has 2 fully saturated rings. The summed E-state index contributed by atoms with van der Waals surface area (Å²) in [4.78, 5) is 60.0. The molecule has 12 nitrogen and oxygen atoms in total. The number of carbonyl (C=O) groups excluding carboxylic acids is 4. The van der Waals surface area contributed by atoms with Gasteiger partial charge in [0.05, 0.1) is 0 Å². The summed E-state index contributed by atoms with van der Waals surface area (Å²) in [5.41, 5.74) is 8.04. The first-order valence-corrected chi connectivity index (χ1v) is 23.4. The average Bonchev–Trinajstić information content (AvgIpc) is 3.86. The molecule has 5 atom stereocenters. The van der Waals surface area contributed by atoms with Crippen LogP contribution in [0.15, 0.2) is 79.4 Å². The van der Waals surface area contributed by atoms with Crippen molar-refractivity contribution in [3.8, 4) is 11.1 Å². The van der Waals surface area contributed by atoms with Gasteiger partial charge in [-0.2, -0.15) is 0 Å². The van der Waals surface area contributed by atoms with E-state index in [1.165, 1.54) is 27.9 Å². The Morgan fingerprint density at radius 3 is 2.28 bits per heavy atom. The number of rotatable bonds is 13. The first-order chi connectivity index (χ1) is 27.9. The Kier molecular flexibility index (Phi) is 12.1. The number of nitrogens with one attached hydrogen (secondary N) is 2. The smallest absolute Gasteiger partial charge is 0.410 e. The molecule has 0 bridgehead atoms. The molecule has 0 spiro atoms. The Morgan fingerprint density at radius 2 is 1.64 bits per heavy atom. The van der Waals surface area contributed by atoms with Gasteiger partial charge in [-0.1, -0.05) is 99.6 Å². The van der Waals surface area contributed by atoms with Crippen LogP contribution in [0.2, 0.25) is 23.2 Å². The third-order valence-electron chi connectivity index (χ3n) is 12.8. The summed E-state index contributed by atoms with van der Waals surface area (Å²) in [6, 6.07) is 21.3. The molecule has 58 heavy (non-hydrogen) atoms. The molecule has 3 heterocycles. The van der Waals surface area contributed by atoms with Crippen LogP contribution < -0.4 is 10.7 Å². The molecule has 3 aliphatic heterocycles. The fourth-order valence-corrected chi connectivity index (χ4v) is 12.5. The van der Waals surface area contributed by atoms with Crippen LogP contribution in [-0.4, -0.2) is 98.1 Å². The Bertz CT molecular complexity index is 2030. The highest BCUT2D eigenvalue weighted by Crippen LogP contribution is 2.55. The van der Waals surface area contributed by atoms with Gasteiger partial charge in [0.1, 0.15) is 43.1 Å². The molecule has 3 amide bonds. The molecule has 0 saturated carbocycles. The summed E-state index contributed by atoms with van der Waals surface area (Å²) in [6.07, 6.45) is 1.14. The standard InChI is InChI=1S/C44H54ClN5O7Si/c1-7-24-55-41(53)38-26-44(57-58(8-2,9-3)10-4)35-22-21-29(45)25-36(35)47-42(44)49(38)40(52)37-20-15-23-46-50(37)39(51)28(5)48(6)43(54)56-27-34-32-18-13-11-16-30(32)31-17-12-14-19-33(31)34/h7,11-14,16-19,21-22,25,28,34,37-38,42,46-47H,1,8-10,15,20,23-24,26-27H2,2-6H3/t28-,37+,38-,42-,44+/m0/s1. The van der Waals surface area contributed by atoms with Gasteiger partial charge in [0.2, 0.25) is 5.91 Å². The van der Waals surface area contributed by atoms with Crippen LogP contribution in [0.4, 0.5) is 10.5 Å². The van der Waals surface area contributed by atoms with Gasteiger partial charge in [0.25, 0.3) is 5.91 Å². The van der Waals surface area contributed by atoms with Crippen LogP contribution in [0, 0.1) is 0 Å². The van der Waals surface area contributed by atoms with Gasteiger partial charge in [-0.25, -0.2) is 15.0 Å². The molecule has 0 unspecified atom stereocenters. The summed E-state index contributed by atoms with van der Waals surface area (Å²) in [6.45, 7) is 12.3. The number of likely N-dealkylation sites (N-methyl/N-ethyl adjacent to an activating group) is 1. The number of likely N-dealkylation sites (tertiary alicyclic amines) is 1. The van der Waals surface area contributed by atoms with Crippen LogP contribution in [0.1, 0.15) is 69.6 Å². The molecule has 3 aromatic carbocycles. The largest absolute Gasteiger partial charge is 0.460 e. The van der Waals surface area contributed by atoms with Crippen molar-refractivity contribution < 1.29 is 33.1 Å². The maximum Gasteiger partial charge on any atom is 0.410 e. The maximum absolute atomic E-state index is 15.2. The topological polar surface area (TPSA) is 130 Å². The van der Waals surface area contributed by atoms with Crippen molar-refractivity contribution in [2.45, 2.75) is 101 Å². The van der Waals surface area contributed by atoms with Crippen molar-refractivity contribution in [3.05, 3.63) is 101 Å². The molecule has 0 aromatic heterocycles. The Morgan fingerprint density at radius 1 is 0.983 bits per heavy atom. The second kappa shape index (κ2) is 16.9. The summed E-state index contributed by atoms with van der Waals surface area (Å²) in [5.74, 6) is -1.64. The van der Waals surface area contributed by atoms with E-state index in [2.05, 4.69) is 50.2 Å². The molecule has 2 N–H and O–H groups in total. The summed E-state index contributed by atoms with van der Waals surface area (Å²) in [5, 5.41) is 5.38. The van der Waals surface area contributed by atoms with E-state index in [9.17, 15) is 14.4 Å². The van der Waals surface area contributed by atoms with Gasteiger partial charge in [-0.3, -0.25) is 19.5 Å². The minimum atomic E-state index is -2.38. The van der Waals surface area contributed by atoms with Gasteiger partial charge in [-0.05, 0) is 72.3 Å². The Balaban J connectivity index is 1.14. The third kappa shape index (κ3) is 7.20. The number of carbonyl (C=O) groups is 4. The van der Waals surface area contributed by atoms with Gasteiger partial charge in [0, 0.05) is 42.2 Å². The lowest BCUT2D eigenvalue weighted by atomic mass is 9.91. The first kappa shape index (κ1) is 41.5. The zero-order valence-corrected chi connectivity index (χ0v) is 35.7. The number of ether oxygens (including phenoxy) is 2. The SMILES string of the molecule is C=CCOC(=O)[C@@H]1C[C@@]2(O[Si](CC)(CC)CC)c3ccc(Cl)cc3N[C@H]2N1C(=O)[C@H]1CCCNN1C(=O)[C@H](C)N(C)C(=O)OCC1c2ccccc2-c2ccccc21. The molecule has 7 rings (SSSR count). The van der Waals surface area contributed by atoms with Crippen LogP contribution in [0.3, 0.4) is 0 Å². The quantitative estimate of drug-likeness (QED) is 0.103. The summed E-state index contributed by atoms with van der Waals surface area (Å²) in [7, 11) is -0.855. The number of halogens is 1. The number of esters is 1. The zero-order chi connectivity index (χ0) is 41.4. The van der Waals surface area contributed by atoms with E-state index in [4.69, 9.17) is 25.5 Å². The monoisotopic (exact) mass is 827 g/mol. The Labute approximate surface area is 346 Å². The highest BCUT2D eigenvalue weighted by atomic mass is 35.5. The van der Waals surface area contributed by atoms with Gasteiger partial charge in [0.15, 0.2) is 8.32 Å². The predicted molar refractivity (Wildman–Crippen MR) is 225 cm³/mol. The Hall–Kier alpha value is -4.69. The molecular formula is C44H54ClN5O7Si. The van der Waals surface area contributed by atoms with E-state index in [1.54, 1.807) is 13.0 Å². The lowest BCUT2D eigenvalue weighted by molar-refractivity contribution is -0.160. The second-order valence-corrected chi connectivity index (χ2v) is 20.8. The van der Waals surface area contributed by atoms with Crippen LogP contribution in [0.25, 0.3) is 11.1 Å². The molecule has 4 aliphatic rings. The van der Waals surface area contributed by atoms with E-state index in [0.717, 1.165) is 51.6 Å². The number of nitrogens with zero attached hydrogens (tertiary/aromatic N) is 3. The maximum atomic E-state index is 15.2. The van der Waals surface area contributed by atoms with Crippen molar-refractivity contribution >= 4 is 49.5 Å².